The average Bonchev–Trinajstić information content (AvgIpc) is 3.86. The number of carbonyl (C=O) groups excluding carboxylic acids is 7. The highest BCUT2D eigenvalue weighted by molar-refractivity contribution is 5.97. The largest absolute Gasteiger partial charge is 0.481 e. The van der Waals surface area contributed by atoms with Gasteiger partial charge in [-0.3, -0.25) is 43.2 Å². The number of aromatic nitrogens is 2. The quantitative estimate of drug-likeness (QED) is 0.0339. The summed E-state index contributed by atoms with van der Waals surface area (Å²) in [6.45, 7) is 12.6. The summed E-state index contributed by atoms with van der Waals surface area (Å²) in [4.78, 5) is 120. The molecule has 19 heteroatoms. The zero-order valence-corrected chi connectivity index (χ0v) is 46.6. The number of unbranched alkanes of at least 4 members (excludes halogenated alkanes) is 13. The third kappa shape index (κ3) is 31.7. The summed E-state index contributed by atoms with van der Waals surface area (Å²) >= 11 is 0. The summed E-state index contributed by atoms with van der Waals surface area (Å²) in [5.74, 6) is -6.42. The molecule has 1 heterocycles. The van der Waals surface area contributed by atoms with Gasteiger partial charge in [0.2, 0.25) is 17.7 Å². The second kappa shape index (κ2) is 37.8. The van der Waals surface area contributed by atoms with Gasteiger partial charge in [-0.2, -0.15) is 0 Å². The molecule has 0 aliphatic heterocycles. The molecule has 1 aromatic heterocycles. The van der Waals surface area contributed by atoms with Gasteiger partial charge in [-0.15, -0.1) is 0 Å². The number of aromatic amines is 1. The summed E-state index contributed by atoms with van der Waals surface area (Å²) in [5.41, 5.74) is 5.30. The Bertz CT molecular complexity index is 1880. The van der Waals surface area contributed by atoms with Gasteiger partial charge in [0.25, 0.3) is 0 Å². The molecule has 7 N–H and O–H groups in total. The Balaban J connectivity index is 2.23. The van der Waals surface area contributed by atoms with Crippen molar-refractivity contribution in [1.29, 1.82) is 0 Å². The third-order valence-electron chi connectivity index (χ3n) is 13.9. The first-order valence-electron chi connectivity index (χ1n) is 27.7. The second-order valence-electron chi connectivity index (χ2n) is 22.1. The minimum absolute atomic E-state index is 0.0208. The molecule has 0 aromatic carbocycles. The molecule has 19 nitrogen and oxygen atoms in total. The summed E-state index contributed by atoms with van der Waals surface area (Å²) < 4.78 is 10.8. The average molecular weight is 1060 g/mol. The number of carboxylic acids is 2. The zero-order chi connectivity index (χ0) is 56.3. The fourth-order valence-corrected chi connectivity index (χ4v) is 8.48. The molecule has 1 rings (SSSR count). The number of hydrogen-bond acceptors (Lipinski definition) is 12. The normalized spacial score (nSPS) is 13.1. The van der Waals surface area contributed by atoms with Crippen LogP contribution in [0, 0.1) is 22.7 Å². The van der Waals surface area contributed by atoms with Crippen molar-refractivity contribution < 1.29 is 62.8 Å². The molecular formula is C56H95N6O13. The van der Waals surface area contributed by atoms with E-state index in [-0.39, 0.29) is 132 Å². The van der Waals surface area contributed by atoms with Gasteiger partial charge >= 0.3 is 11.9 Å². The number of aliphatic carboxylic acids is 2. The van der Waals surface area contributed by atoms with E-state index in [0.717, 1.165) is 25.7 Å². The van der Waals surface area contributed by atoms with Gasteiger partial charge in [0, 0.05) is 80.8 Å². The van der Waals surface area contributed by atoms with Crippen LogP contribution in [0.2, 0.25) is 0 Å². The van der Waals surface area contributed by atoms with Gasteiger partial charge in [0.15, 0.2) is 5.78 Å². The molecule has 0 bridgehead atoms. The molecule has 0 saturated carbocycles. The molecule has 1 radical (unpaired) electrons. The molecular weight excluding hydrogens is 965 g/mol. The number of nitrogens with one attached hydrogen (secondary N) is 5. The minimum Gasteiger partial charge on any atom is -0.481 e. The number of Topliss-reactive ketones (excluding diaryl/α,β-unsaturated/α-hetero) is 4. The van der Waals surface area contributed by atoms with Crippen molar-refractivity contribution in [3.63, 3.8) is 0 Å². The van der Waals surface area contributed by atoms with E-state index in [1.807, 2.05) is 0 Å². The molecule has 1 aromatic rings. The highest BCUT2D eigenvalue weighted by Gasteiger charge is 2.39. The molecule has 0 spiro atoms. The van der Waals surface area contributed by atoms with Crippen molar-refractivity contribution in [3.8, 4) is 0 Å². The Morgan fingerprint density at radius 2 is 1.20 bits per heavy atom. The first-order valence-corrected chi connectivity index (χ1v) is 27.7. The van der Waals surface area contributed by atoms with E-state index in [1.54, 1.807) is 27.7 Å². The number of hydrogen-bond donors (Lipinski definition) is 6. The Kier molecular flexibility index (Phi) is 34.3. The van der Waals surface area contributed by atoms with Crippen LogP contribution < -0.4 is 21.7 Å². The minimum atomic E-state index is -1.34. The van der Waals surface area contributed by atoms with Crippen LogP contribution in [0.15, 0.2) is 12.5 Å². The molecule has 3 atom stereocenters. The van der Waals surface area contributed by atoms with Crippen LogP contribution in [0.4, 0.5) is 0 Å². The van der Waals surface area contributed by atoms with Crippen molar-refractivity contribution in [1.82, 2.24) is 31.7 Å². The number of nitrogens with zero attached hydrogens (tertiary/aromatic N) is 1. The lowest BCUT2D eigenvalue weighted by molar-refractivity contribution is -0.145. The van der Waals surface area contributed by atoms with Crippen molar-refractivity contribution in [3.05, 3.63) is 18.2 Å². The zero-order valence-electron chi connectivity index (χ0n) is 46.6. The van der Waals surface area contributed by atoms with Gasteiger partial charge < -0.3 is 40.6 Å². The maximum absolute atomic E-state index is 13.4. The van der Waals surface area contributed by atoms with Crippen molar-refractivity contribution >= 4 is 52.8 Å². The van der Waals surface area contributed by atoms with Gasteiger partial charge in [0.1, 0.15) is 30.0 Å². The number of amides is 3. The van der Waals surface area contributed by atoms with Crippen LogP contribution in [-0.4, -0.2) is 124 Å². The van der Waals surface area contributed by atoms with Gasteiger partial charge in [0.05, 0.1) is 43.5 Å². The number of ether oxygens (including phenoxy) is 2. The van der Waals surface area contributed by atoms with E-state index in [2.05, 4.69) is 32.8 Å². The lowest BCUT2D eigenvalue weighted by atomic mass is 9.73. The third-order valence-corrected chi connectivity index (χ3v) is 13.9. The Labute approximate surface area is 446 Å². The summed E-state index contributed by atoms with van der Waals surface area (Å²) in [7, 11) is 0. The van der Waals surface area contributed by atoms with Gasteiger partial charge in [-0.05, 0) is 46.0 Å². The van der Waals surface area contributed by atoms with E-state index >= 15 is 0 Å². The predicted molar refractivity (Wildman–Crippen MR) is 285 cm³/mol. The standard InChI is InChI=1S/C56H95N6O13/c1-8-9-10-11-12-13-14-15-16-17-18-19-20-24-44(63)34-42(53(72)73)25-26-49(67)60-30-31-74-32-33-75-39-50(68)59-29-22-21-23-41(52(70)71)35-47(65)54(2,3)28-27-46(64)55(4,5)37-48(66)56(6,7)62-51(69)45(57)36-43-38-58-40-61-43/h38,40-42,45,57H,8-37,39H2,1-7H3,(H,58,61)(H,59,68)(H,60,67)(H,62,69)(H,70,71)(H,72,73)/t41-,42-,45+/m1/s1. The van der Waals surface area contributed by atoms with E-state index in [9.17, 15) is 53.4 Å². The Morgan fingerprint density at radius 3 is 1.79 bits per heavy atom. The first kappa shape index (κ1) is 68.1. The Hall–Kier alpha value is -4.88. The Morgan fingerprint density at radius 1 is 0.627 bits per heavy atom. The smallest absolute Gasteiger partial charge is 0.306 e. The number of ketones is 4. The van der Waals surface area contributed by atoms with Crippen LogP contribution in [0.25, 0.3) is 0 Å². The molecule has 0 fully saturated rings. The fourth-order valence-electron chi connectivity index (χ4n) is 8.48. The highest BCUT2D eigenvalue weighted by atomic mass is 16.5. The van der Waals surface area contributed by atoms with Gasteiger partial charge in [-0.1, -0.05) is 118 Å². The van der Waals surface area contributed by atoms with Crippen LogP contribution >= 0.6 is 0 Å². The van der Waals surface area contributed by atoms with Crippen molar-refractivity contribution in [2.75, 3.05) is 39.5 Å². The van der Waals surface area contributed by atoms with Crippen LogP contribution in [0.5, 0.6) is 0 Å². The summed E-state index contributed by atoms with van der Waals surface area (Å²) in [6, 6.07) is -1.17. The number of H-pyrrole nitrogens is 1. The summed E-state index contributed by atoms with van der Waals surface area (Å²) in [5, 5.41) is 27.5. The van der Waals surface area contributed by atoms with E-state index < -0.39 is 52.1 Å². The number of rotatable bonds is 48. The molecule has 427 valence electrons. The fraction of sp³-hybridized carbons (Fsp3) is 0.786. The van der Waals surface area contributed by atoms with Crippen molar-refractivity contribution in [2.24, 2.45) is 22.7 Å². The topological polar surface area (TPSA) is 301 Å². The first-order chi connectivity index (χ1) is 35.4. The van der Waals surface area contributed by atoms with E-state index in [4.69, 9.17) is 15.2 Å². The molecule has 0 saturated heterocycles. The SMILES string of the molecule is CCCCCCCCCCCCCCCC(=O)C[C@@H](CCC(=O)NCCOCCOCC(=O)NCCCC[C@H](CC(=O)C(C)(C)CCC(=O)C(C)(C)CC(=O)C(C)(C)NC(=O)[C@@H]([NH])Cc1cnc[nH]1)C(=O)O)C(=O)O. The second-order valence-corrected chi connectivity index (χ2v) is 22.1. The maximum atomic E-state index is 13.4. The predicted octanol–water partition coefficient (Wildman–Crippen LogP) is 7.88. The lowest BCUT2D eigenvalue weighted by Gasteiger charge is -2.31. The van der Waals surface area contributed by atoms with E-state index in [0.29, 0.717) is 25.0 Å². The van der Waals surface area contributed by atoms with Crippen LogP contribution in [0.1, 0.15) is 208 Å². The molecule has 75 heavy (non-hydrogen) atoms. The highest BCUT2D eigenvalue weighted by Crippen LogP contribution is 2.33. The van der Waals surface area contributed by atoms with Crippen LogP contribution in [-0.2, 0) is 59.0 Å². The maximum Gasteiger partial charge on any atom is 0.306 e. The number of imidazole rings is 1. The number of carboxylic acid groups (broad SMARTS) is 2. The monoisotopic (exact) mass is 1060 g/mol. The molecule has 3 amide bonds. The number of carbonyl (C=O) groups is 9. The molecule has 0 aliphatic rings. The molecule has 0 aliphatic carbocycles. The molecule has 0 unspecified atom stereocenters. The lowest BCUT2D eigenvalue weighted by Crippen LogP contribution is -2.54. The van der Waals surface area contributed by atoms with Gasteiger partial charge in [-0.25, -0.2) is 10.7 Å². The van der Waals surface area contributed by atoms with Crippen LogP contribution in [0.3, 0.4) is 0 Å². The van der Waals surface area contributed by atoms with E-state index in [1.165, 1.54) is 84.2 Å². The van der Waals surface area contributed by atoms with Crippen molar-refractivity contribution in [2.45, 2.75) is 221 Å². The summed E-state index contributed by atoms with van der Waals surface area (Å²) in [6.07, 6.45) is 19.9.